The zero-order chi connectivity index (χ0) is 15.9. The predicted octanol–water partition coefficient (Wildman–Crippen LogP) is 0.303. The molecule has 3 N–H and O–H groups in total. The first-order valence-electron chi connectivity index (χ1n) is 6.40. The minimum absolute atomic E-state index is 0.127. The van der Waals surface area contributed by atoms with Crippen LogP contribution in [0.5, 0.6) is 0 Å². The number of fused-ring (bicyclic) bond motifs is 1. The molecule has 0 bridgehead atoms. The number of hydrogen-bond acceptors (Lipinski definition) is 5. The molecule has 9 nitrogen and oxygen atoms in total. The molecular weight excluding hydrogens is 320 g/mol. The summed E-state index contributed by atoms with van der Waals surface area (Å²) in [6, 6.07) is -0.299. The van der Waals surface area contributed by atoms with E-state index in [1.807, 2.05) is 0 Å². The number of aromatic amines is 1. The summed E-state index contributed by atoms with van der Waals surface area (Å²) in [5.41, 5.74) is -0.368. The summed E-state index contributed by atoms with van der Waals surface area (Å²) in [6.07, 6.45) is 2.19. The fourth-order valence-electron chi connectivity index (χ4n) is 2.50. The van der Waals surface area contributed by atoms with Gasteiger partial charge in [-0.25, -0.2) is 13.9 Å². The molecule has 0 aromatic carbocycles. The van der Waals surface area contributed by atoms with Crippen molar-refractivity contribution in [2.24, 2.45) is 0 Å². The Kier molecular flexibility index (Phi) is 3.87. The van der Waals surface area contributed by atoms with Crippen LogP contribution >= 0.6 is 7.82 Å². The van der Waals surface area contributed by atoms with E-state index < -0.39 is 25.3 Å². The third-order valence-electron chi connectivity index (χ3n) is 3.45. The Morgan fingerprint density at radius 3 is 3.09 bits per heavy atom. The van der Waals surface area contributed by atoms with Gasteiger partial charge in [0, 0.05) is 6.20 Å². The summed E-state index contributed by atoms with van der Waals surface area (Å²) in [4.78, 5) is 35.2. The first-order chi connectivity index (χ1) is 10.3. The van der Waals surface area contributed by atoms with Crippen molar-refractivity contribution >= 4 is 18.9 Å². The highest BCUT2D eigenvalue weighted by Gasteiger charge is 2.31. The third-order valence-corrected chi connectivity index (χ3v) is 3.94. The Labute approximate surface area is 122 Å². The fraction of sp³-hybridized carbons (Fsp3) is 0.455. The lowest BCUT2D eigenvalue weighted by Crippen LogP contribution is -2.14. The van der Waals surface area contributed by atoms with Gasteiger partial charge in [-0.15, -0.1) is 0 Å². The van der Waals surface area contributed by atoms with Crippen LogP contribution in [0.1, 0.15) is 12.5 Å². The fourth-order valence-corrected chi connectivity index (χ4v) is 2.86. The largest absolute Gasteiger partial charge is 0.469 e. The third kappa shape index (κ3) is 2.96. The molecule has 22 heavy (non-hydrogen) atoms. The van der Waals surface area contributed by atoms with E-state index in [-0.39, 0.29) is 30.3 Å². The molecule has 3 rings (SSSR count). The average Bonchev–Trinajstić information content (AvgIpc) is 3.01. The first kappa shape index (κ1) is 15.3. The number of phosphoric acid groups is 1. The molecule has 0 aliphatic carbocycles. The monoisotopic (exact) mass is 333 g/mol. The summed E-state index contributed by atoms with van der Waals surface area (Å²) in [5, 5.41) is -0.127. The van der Waals surface area contributed by atoms with Crippen LogP contribution in [0.2, 0.25) is 0 Å². The van der Waals surface area contributed by atoms with Crippen molar-refractivity contribution in [1.82, 2.24) is 14.5 Å². The Balaban J connectivity index is 1.81. The van der Waals surface area contributed by atoms with Crippen LogP contribution in [-0.4, -0.2) is 43.6 Å². The molecule has 1 aliphatic heterocycles. The maximum atomic E-state index is 13.9. The molecule has 0 unspecified atom stereocenters. The number of ether oxygens (including phenoxy) is 1. The molecule has 1 saturated heterocycles. The molecule has 0 radical (unpaired) electrons. The van der Waals surface area contributed by atoms with Gasteiger partial charge in [0.2, 0.25) is 0 Å². The average molecular weight is 333 g/mol. The number of nitrogens with one attached hydrogen (secondary N) is 1. The van der Waals surface area contributed by atoms with Crippen molar-refractivity contribution in [2.75, 3.05) is 13.2 Å². The van der Waals surface area contributed by atoms with E-state index in [1.165, 1.54) is 17.1 Å². The molecule has 0 spiro atoms. The maximum Gasteiger partial charge on any atom is 0.469 e. The number of aromatic nitrogens is 3. The van der Waals surface area contributed by atoms with Gasteiger partial charge >= 0.3 is 7.82 Å². The highest BCUT2D eigenvalue weighted by molar-refractivity contribution is 7.46. The molecule has 1 aliphatic rings. The molecule has 11 heteroatoms. The van der Waals surface area contributed by atoms with E-state index in [9.17, 15) is 13.8 Å². The van der Waals surface area contributed by atoms with Crippen LogP contribution in [-0.2, 0) is 13.8 Å². The number of halogens is 1. The van der Waals surface area contributed by atoms with Crippen molar-refractivity contribution in [3.05, 3.63) is 28.7 Å². The Bertz CT molecular complexity index is 799. The number of rotatable bonds is 4. The van der Waals surface area contributed by atoms with E-state index in [1.54, 1.807) is 0 Å². The predicted molar refractivity (Wildman–Crippen MR) is 71.7 cm³/mol. The number of H-pyrrole nitrogens is 1. The zero-order valence-corrected chi connectivity index (χ0v) is 12.1. The van der Waals surface area contributed by atoms with Crippen LogP contribution in [0, 0.1) is 5.82 Å². The van der Waals surface area contributed by atoms with Crippen molar-refractivity contribution < 1.29 is 28.0 Å². The summed E-state index contributed by atoms with van der Waals surface area (Å²) in [6.45, 7) is -0.0661. The summed E-state index contributed by atoms with van der Waals surface area (Å²) in [5.74, 6) is -0.681. The molecule has 0 saturated carbocycles. The van der Waals surface area contributed by atoms with Crippen molar-refractivity contribution in [3.63, 3.8) is 0 Å². The van der Waals surface area contributed by atoms with Gasteiger partial charge in [0.25, 0.3) is 5.56 Å². The zero-order valence-electron chi connectivity index (χ0n) is 11.2. The van der Waals surface area contributed by atoms with Crippen LogP contribution in [0.4, 0.5) is 4.39 Å². The quantitative estimate of drug-likeness (QED) is 0.687. The Hall–Kier alpha value is -1.58. The SMILES string of the molecule is O=c1[nH]cnc2c1c(F)cn2[C@@H]1CO[C@H](COP(=O)(O)O)C1. The van der Waals surface area contributed by atoms with Crippen molar-refractivity contribution in [2.45, 2.75) is 18.6 Å². The molecule has 0 amide bonds. The lowest BCUT2D eigenvalue weighted by atomic mass is 10.2. The second kappa shape index (κ2) is 5.56. The van der Waals surface area contributed by atoms with Gasteiger partial charge in [-0.1, -0.05) is 0 Å². The standard InChI is InChI=1S/C11H13FN3O6P/c12-8-2-15(10-9(8)11(16)14-5-13-10)6-1-7(20-3-6)4-21-22(17,18)19/h2,5-7H,1,3-4H2,(H,13,14,16)(H2,17,18,19)/t6-,7-/m0/s1. The van der Waals surface area contributed by atoms with Crippen LogP contribution in [0.3, 0.4) is 0 Å². The number of hydrogen-bond donors (Lipinski definition) is 3. The molecule has 120 valence electrons. The molecule has 1 fully saturated rings. The van der Waals surface area contributed by atoms with E-state index in [0.29, 0.717) is 6.42 Å². The Morgan fingerprint density at radius 2 is 2.36 bits per heavy atom. The number of phosphoric ester groups is 1. The summed E-state index contributed by atoms with van der Waals surface area (Å²) in [7, 11) is -4.56. The summed E-state index contributed by atoms with van der Waals surface area (Å²) >= 11 is 0. The van der Waals surface area contributed by atoms with E-state index in [0.717, 1.165) is 0 Å². The Morgan fingerprint density at radius 1 is 1.59 bits per heavy atom. The van der Waals surface area contributed by atoms with Crippen LogP contribution in [0.25, 0.3) is 11.0 Å². The van der Waals surface area contributed by atoms with Gasteiger partial charge in [0.05, 0.1) is 31.7 Å². The van der Waals surface area contributed by atoms with E-state index >= 15 is 0 Å². The molecule has 2 atom stereocenters. The number of nitrogens with zero attached hydrogens (tertiary/aromatic N) is 2. The molecule has 2 aromatic heterocycles. The van der Waals surface area contributed by atoms with Gasteiger partial charge in [0.15, 0.2) is 11.5 Å². The minimum Gasteiger partial charge on any atom is -0.374 e. The smallest absolute Gasteiger partial charge is 0.374 e. The van der Waals surface area contributed by atoms with Crippen molar-refractivity contribution in [1.29, 1.82) is 0 Å². The lowest BCUT2D eigenvalue weighted by molar-refractivity contribution is 0.0534. The van der Waals surface area contributed by atoms with Gasteiger partial charge in [-0.2, -0.15) is 0 Å². The highest BCUT2D eigenvalue weighted by atomic mass is 31.2. The molecule has 3 heterocycles. The van der Waals surface area contributed by atoms with Gasteiger partial charge in [-0.05, 0) is 6.42 Å². The van der Waals surface area contributed by atoms with Crippen LogP contribution < -0.4 is 5.56 Å². The van der Waals surface area contributed by atoms with E-state index in [4.69, 9.17) is 14.5 Å². The summed E-state index contributed by atoms with van der Waals surface area (Å²) < 4.78 is 35.8. The highest BCUT2D eigenvalue weighted by Crippen LogP contribution is 2.37. The van der Waals surface area contributed by atoms with Crippen LogP contribution in [0.15, 0.2) is 17.3 Å². The van der Waals surface area contributed by atoms with Gasteiger partial charge in [-0.3, -0.25) is 9.32 Å². The first-order valence-corrected chi connectivity index (χ1v) is 7.93. The lowest BCUT2D eigenvalue weighted by Gasteiger charge is -2.12. The van der Waals surface area contributed by atoms with E-state index in [2.05, 4.69) is 14.5 Å². The van der Waals surface area contributed by atoms with Crippen molar-refractivity contribution in [3.8, 4) is 0 Å². The maximum absolute atomic E-state index is 13.9. The van der Waals surface area contributed by atoms with Gasteiger partial charge in [0.1, 0.15) is 5.39 Å². The normalized spacial score (nSPS) is 22.5. The second-order valence-corrected chi connectivity index (χ2v) is 6.19. The second-order valence-electron chi connectivity index (χ2n) is 4.95. The van der Waals surface area contributed by atoms with Gasteiger partial charge < -0.3 is 24.1 Å². The molecular formula is C11H13FN3O6P. The molecule has 2 aromatic rings. The minimum atomic E-state index is -4.56. The topological polar surface area (TPSA) is 127 Å².